The number of pyridine rings is 1. The van der Waals surface area contributed by atoms with Gasteiger partial charge in [0.05, 0.1) is 39.6 Å². The van der Waals surface area contributed by atoms with E-state index in [1.807, 2.05) is 49.6 Å². The lowest BCUT2D eigenvalue weighted by Gasteiger charge is -2.19. The van der Waals surface area contributed by atoms with Crippen LogP contribution in [0.4, 0.5) is 5.82 Å². The minimum atomic E-state index is -0.399. The molecule has 0 saturated carbocycles. The van der Waals surface area contributed by atoms with E-state index in [1.165, 1.54) is 7.11 Å². The Labute approximate surface area is 189 Å². The summed E-state index contributed by atoms with van der Waals surface area (Å²) < 4.78 is 12.5. The Morgan fingerprint density at radius 2 is 2.03 bits per heavy atom. The molecule has 0 bridgehead atoms. The lowest BCUT2D eigenvalue weighted by molar-refractivity contribution is -0.875. The van der Waals surface area contributed by atoms with Gasteiger partial charge in [0, 0.05) is 26.1 Å². The number of carbonyl (C=O) groups excluding carboxylic acids is 2. The minimum absolute atomic E-state index is 0.0358. The number of aromatic nitrogens is 1. The molecule has 2 aromatic rings. The summed E-state index contributed by atoms with van der Waals surface area (Å²) in [5, 5.41) is 0. The molecule has 2 heterocycles. The monoisotopic (exact) mass is 442 g/mol. The van der Waals surface area contributed by atoms with E-state index in [0.717, 1.165) is 35.7 Å². The number of carbonyl (C=O) groups is 2. The number of hydrogen-bond donors (Lipinski definition) is 0. The standard InChI is InChI=1S/C24H32N3O5/c1-25(22-8-5-6-12-27(22)31-4)11-7-13-32-21-10-9-18-14-19(16-23(28)30-3)24(29)26(2)17-20(18)15-21/h5-6,8-10,12,15,19H,7,11,13-14,16-17H2,1-4H3/q+1. The smallest absolute Gasteiger partial charge is 0.315 e. The van der Waals surface area contributed by atoms with Crippen molar-refractivity contribution in [3.63, 3.8) is 0 Å². The maximum absolute atomic E-state index is 12.7. The van der Waals surface area contributed by atoms with Crippen LogP contribution >= 0.6 is 0 Å². The van der Waals surface area contributed by atoms with Crippen molar-refractivity contribution in [3.05, 3.63) is 53.7 Å². The van der Waals surface area contributed by atoms with E-state index in [-0.39, 0.29) is 18.3 Å². The normalized spacial score (nSPS) is 15.6. The van der Waals surface area contributed by atoms with Gasteiger partial charge in [-0.1, -0.05) is 12.1 Å². The molecule has 8 heteroatoms. The summed E-state index contributed by atoms with van der Waals surface area (Å²) in [4.78, 5) is 33.5. The van der Waals surface area contributed by atoms with Gasteiger partial charge in [-0.3, -0.25) is 14.5 Å². The van der Waals surface area contributed by atoms with Crippen LogP contribution in [0, 0.1) is 5.92 Å². The van der Waals surface area contributed by atoms with Crippen molar-refractivity contribution in [2.75, 3.05) is 46.4 Å². The van der Waals surface area contributed by atoms with Gasteiger partial charge in [-0.25, -0.2) is 0 Å². The van der Waals surface area contributed by atoms with Gasteiger partial charge in [-0.2, -0.15) is 0 Å². The molecule has 1 aromatic carbocycles. The minimum Gasteiger partial charge on any atom is -0.493 e. The van der Waals surface area contributed by atoms with E-state index in [1.54, 1.807) is 23.8 Å². The van der Waals surface area contributed by atoms with E-state index in [4.69, 9.17) is 14.3 Å². The van der Waals surface area contributed by atoms with Crippen LogP contribution < -0.4 is 19.2 Å². The van der Waals surface area contributed by atoms with Crippen LogP contribution in [0.2, 0.25) is 0 Å². The van der Waals surface area contributed by atoms with Gasteiger partial charge in [0.15, 0.2) is 0 Å². The van der Waals surface area contributed by atoms with Crippen molar-refractivity contribution < 1.29 is 28.6 Å². The molecule has 1 aliphatic rings. The number of rotatable bonds is 9. The molecule has 0 N–H and O–H groups in total. The first-order chi connectivity index (χ1) is 15.4. The van der Waals surface area contributed by atoms with Gasteiger partial charge in [0.25, 0.3) is 0 Å². The quantitative estimate of drug-likeness (QED) is 0.334. The molecule has 32 heavy (non-hydrogen) atoms. The number of hydrogen-bond acceptors (Lipinski definition) is 6. The Kier molecular flexibility index (Phi) is 7.92. The molecule has 0 fully saturated rings. The molecule has 1 aliphatic heterocycles. The zero-order chi connectivity index (χ0) is 23.1. The molecule has 0 aliphatic carbocycles. The van der Waals surface area contributed by atoms with E-state index in [2.05, 4.69) is 4.90 Å². The molecule has 8 nitrogen and oxygen atoms in total. The van der Waals surface area contributed by atoms with E-state index in [9.17, 15) is 9.59 Å². The number of amides is 1. The molecule has 172 valence electrons. The molecular formula is C24H32N3O5+. The van der Waals surface area contributed by atoms with Crippen LogP contribution in [0.25, 0.3) is 0 Å². The number of methoxy groups -OCH3 is 1. The first-order valence-electron chi connectivity index (χ1n) is 10.8. The second kappa shape index (κ2) is 10.8. The van der Waals surface area contributed by atoms with Gasteiger partial charge < -0.3 is 19.2 Å². The molecular weight excluding hydrogens is 410 g/mol. The summed E-state index contributed by atoms with van der Waals surface area (Å²) in [7, 11) is 6.77. The van der Waals surface area contributed by atoms with E-state index >= 15 is 0 Å². The zero-order valence-corrected chi connectivity index (χ0v) is 19.2. The Balaban J connectivity index is 1.57. The van der Waals surface area contributed by atoms with Gasteiger partial charge in [-0.15, -0.1) is 0 Å². The summed E-state index contributed by atoms with van der Waals surface area (Å²) in [6.07, 6.45) is 3.33. The van der Waals surface area contributed by atoms with Crippen molar-refractivity contribution in [2.45, 2.75) is 25.8 Å². The van der Waals surface area contributed by atoms with Crippen LogP contribution in [0.3, 0.4) is 0 Å². The number of nitrogens with zero attached hydrogens (tertiary/aromatic N) is 3. The average molecular weight is 443 g/mol. The highest BCUT2D eigenvalue weighted by Gasteiger charge is 2.30. The third-order valence-corrected chi connectivity index (χ3v) is 5.72. The average Bonchev–Trinajstić information content (AvgIpc) is 2.92. The number of ether oxygens (including phenoxy) is 2. The largest absolute Gasteiger partial charge is 0.493 e. The topological polar surface area (TPSA) is 72.2 Å². The Hall–Kier alpha value is -3.29. The summed E-state index contributed by atoms with van der Waals surface area (Å²) in [5.41, 5.74) is 2.12. The molecule has 0 radical (unpaired) electrons. The maximum Gasteiger partial charge on any atom is 0.315 e. The van der Waals surface area contributed by atoms with Gasteiger partial charge >= 0.3 is 11.8 Å². The fourth-order valence-electron chi connectivity index (χ4n) is 3.96. The molecule has 0 saturated heterocycles. The van der Waals surface area contributed by atoms with Crippen LogP contribution in [0.15, 0.2) is 42.6 Å². The second-order valence-electron chi connectivity index (χ2n) is 8.00. The third-order valence-electron chi connectivity index (χ3n) is 5.72. The number of benzene rings is 1. The zero-order valence-electron chi connectivity index (χ0n) is 19.2. The van der Waals surface area contributed by atoms with Gasteiger partial charge in [0.2, 0.25) is 5.91 Å². The highest BCUT2D eigenvalue weighted by molar-refractivity contribution is 5.84. The van der Waals surface area contributed by atoms with Crippen LogP contribution in [0.5, 0.6) is 5.75 Å². The van der Waals surface area contributed by atoms with Crippen molar-refractivity contribution in [1.82, 2.24) is 4.90 Å². The summed E-state index contributed by atoms with van der Waals surface area (Å²) >= 11 is 0. The first kappa shape index (κ1) is 23.4. The highest BCUT2D eigenvalue weighted by atomic mass is 16.6. The number of anilines is 1. The molecule has 1 unspecified atom stereocenters. The van der Waals surface area contributed by atoms with Crippen LogP contribution in [-0.4, -0.2) is 58.2 Å². The second-order valence-corrected chi connectivity index (χ2v) is 8.00. The molecule has 1 aromatic heterocycles. The Bertz CT molecular complexity index is 949. The third kappa shape index (κ3) is 5.69. The number of fused-ring (bicyclic) bond motifs is 1. The molecule has 3 rings (SSSR count). The van der Waals surface area contributed by atoms with Crippen molar-refractivity contribution in [2.24, 2.45) is 5.92 Å². The fourth-order valence-corrected chi connectivity index (χ4v) is 3.96. The van der Waals surface area contributed by atoms with Crippen LogP contribution in [0.1, 0.15) is 24.0 Å². The summed E-state index contributed by atoms with van der Waals surface area (Å²) in [6, 6.07) is 11.8. The Morgan fingerprint density at radius 3 is 2.78 bits per heavy atom. The van der Waals surface area contributed by atoms with Crippen molar-refractivity contribution in [3.8, 4) is 5.75 Å². The predicted octanol–water partition coefficient (Wildman–Crippen LogP) is 1.63. The van der Waals surface area contributed by atoms with E-state index < -0.39 is 5.92 Å². The van der Waals surface area contributed by atoms with Crippen molar-refractivity contribution in [1.29, 1.82) is 0 Å². The molecule has 1 atom stereocenters. The molecule has 0 spiro atoms. The van der Waals surface area contributed by atoms with Crippen LogP contribution in [-0.2, 0) is 27.3 Å². The summed E-state index contributed by atoms with van der Waals surface area (Å²) in [6.45, 7) is 1.88. The number of esters is 1. The fraction of sp³-hybridized carbons (Fsp3) is 0.458. The summed E-state index contributed by atoms with van der Waals surface area (Å²) in [5.74, 6) is 0.950. The van der Waals surface area contributed by atoms with Gasteiger partial charge in [-0.05, 0) is 40.5 Å². The van der Waals surface area contributed by atoms with Crippen molar-refractivity contribution >= 4 is 17.7 Å². The Morgan fingerprint density at radius 1 is 1.22 bits per heavy atom. The predicted molar refractivity (Wildman–Crippen MR) is 119 cm³/mol. The van der Waals surface area contributed by atoms with Gasteiger partial charge in [0.1, 0.15) is 19.1 Å². The first-order valence-corrected chi connectivity index (χ1v) is 10.8. The SMILES string of the molecule is COC(=O)CC1Cc2ccc(OCCCN(C)c3cccc[n+]3OC)cc2CN(C)C1=O. The lowest BCUT2D eigenvalue weighted by Crippen LogP contribution is -2.45. The van der Waals surface area contributed by atoms with E-state index in [0.29, 0.717) is 19.6 Å². The highest BCUT2D eigenvalue weighted by Crippen LogP contribution is 2.27. The lowest BCUT2D eigenvalue weighted by atomic mass is 9.94. The maximum atomic E-state index is 12.7. The molecule has 1 amide bonds.